The molecule has 0 atom stereocenters. The second kappa shape index (κ2) is 8.03. The van der Waals surface area contributed by atoms with E-state index in [0.717, 1.165) is 18.8 Å². The van der Waals surface area contributed by atoms with Crippen LogP contribution in [0.1, 0.15) is 6.42 Å². The number of anilines is 2. The van der Waals surface area contributed by atoms with Gasteiger partial charge in [-0.2, -0.15) is 0 Å². The van der Waals surface area contributed by atoms with Crippen molar-refractivity contribution in [2.24, 2.45) is 0 Å². The Morgan fingerprint density at radius 3 is 2.36 bits per heavy atom. The van der Waals surface area contributed by atoms with Crippen molar-refractivity contribution in [3.8, 4) is 0 Å². The molecule has 1 aliphatic heterocycles. The monoisotopic (exact) mass is 357 g/mol. The van der Waals surface area contributed by atoms with E-state index >= 15 is 0 Å². The van der Waals surface area contributed by atoms with E-state index in [2.05, 4.69) is 10.2 Å². The molecule has 0 unspecified atom stereocenters. The van der Waals surface area contributed by atoms with Gasteiger partial charge in [-0.15, -0.1) is 0 Å². The first-order chi connectivity index (χ1) is 12.1. The molecular weight excluding hydrogens is 338 g/mol. The van der Waals surface area contributed by atoms with Crippen molar-refractivity contribution in [2.75, 3.05) is 36.4 Å². The zero-order valence-corrected chi connectivity index (χ0v) is 14.6. The molecule has 0 aromatic heterocycles. The van der Waals surface area contributed by atoms with Crippen molar-refractivity contribution in [2.45, 2.75) is 6.42 Å². The lowest BCUT2D eigenvalue weighted by Crippen LogP contribution is -2.49. The summed E-state index contributed by atoms with van der Waals surface area (Å²) in [6.45, 7) is 2.66. The summed E-state index contributed by atoms with van der Waals surface area (Å²) in [5.41, 5.74) is 1.76. The molecule has 0 bridgehead atoms. The molecule has 130 valence electrons. The highest BCUT2D eigenvalue weighted by Gasteiger charge is 2.23. The Morgan fingerprint density at radius 1 is 0.960 bits per heavy atom. The highest BCUT2D eigenvalue weighted by molar-refractivity contribution is 6.30. The summed E-state index contributed by atoms with van der Waals surface area (Å²) >= 11 is 6.03. The number of benzene rings is 2. The van der Waals surface area contributed by atoms with E-state index in [1.165, 1.54) is 0 Å². The van der Waals surface area contributed by atoms with Gasteiger partial charge in [0.2, 0.25) is 11.8 Å². The Hall–Kier alpha value is -2.53. The third-order valence-corrected chi connectivity index (χ3v) is 4.41. The number of piperazine rings is 1. The van der Waals surface area contributed by atoms with Gasteiger partial charge >= 0.3 is 0 Å². The van der Waals surface area contributed by atoms with Crippen LogP contribution in [-0.4, -0.2) is 42.9 Å². The lowest BCUT2D eigenvalue weighted by atomic mass is 10.2. The molecule has 3 rings (SSSR count). The average molecular weight is 358 g/mol. The molecule has 2 amide bonds. The van der Waals surface area contributed by atoms with Crippen LogP contribution in [0.25, 0.3) is 0 Å². The van der Waals surface area contributed by atoms with Gasteiger partial charge in [-0.3, -0.25) is 9.59 Å². The normalized spacial score (nSPS) is 14.3. The Labute approximate surface area is 152 Å². The maximum atomic E-state index is 12.3. The number of hydrogen-bond acceptors (Lipinski definition) is 3. The zero-order chi connectivity index (χ0) is 17.6. The zero-order valence-electron chi connectivity index (χ0n) is 13.8. The van der Waals surface area contributed by atoms with Gasteiger partial charge in [0.05, 0.1) is 0 Å². The van der Waals surface area contributed by atoms with Crippen molar-refractivity contribution in [1.82, 2.24) is 4.90 Å². The molecule has 2 aromatic carbocycles. The van der Waals surface area contributed by atoms with Gasteiger partial charge in [-0.1, -0.05) is 35.9 Å². The summed E-state index contributed by atoms with van der Waals surface area (Å²) in [6, 6.07) is 16.8. The smallest absolute Gasteiger partial charge is 0.233 e. The maximum Gasteiger partial charge on any atom is 0.233 e. The predicted octanol–water partition coefficient (Wildman–Crippen LogP) is 3.02. The van der Waals surface area contributed by atoms with Crippen molar-refractivity contribution in [3.63, 3.8) is 0 Å². The van der Waals surface area contributed by atoms with Gasteiger partial charge in [0.1, 0.15) is 6.42 Å². The van der Waals surface area contributed by atoms with Crippen LogP contribution in [0.3, 0.4) is 0 Å². The number of halogens is 1. The molecule has 1 heterocycles. The summed E-state index contributed by atoms with van der Waals surface area (Å²) in [6.07, 6.45) is -0.133. The summed E-state index contributed by atoms with van der Waals surface area (Å²) in [5.74, 6) is -0.423. The number of carbonyl (C=O) groups excluding carboxylic acids is 2. The standard InChI is InChI=1S/C19H20ClN3O2/c20-15-5-4-8-17(13-15)22-9-11-23(12-10-22)19(25)14-18(24)21-16-6-2-1-3-7-16/h1-8,13H,9-12,14H2,(H,21,24). The third-order valence-electron chi connectivity index (χ3n) is 4.18. The van der Waals surface area contributed by atoms with Crippen molar-refractivity contribution < 1.29 is 9.59 Å². The second-order valence-corrected chi connectivity index (χ2v) is 6.38. The largest absolute Gasteiger partial charge is 0.368 e. The second-order valence-electron chi connectivity index (χ2n) is 5.94. The van der Waals surface area contributed by atoms with Crippen LogP contribution in [-0.2, 0) is 9.59 Å². The number of para-hydroxylation sites is 1. The van der Waals surface area contributed by atoms with E-state index in [9.17, 15) is 9.59 Å². The number of hydrogen-bond donors (Lipinski definition) is 1. The number of nitrogens with one attached hydrogen (secondary N) is 1. The van der Waals surface area contributed by atoms with Crippen LogP contribution in [0.4, 0.5) is 11.4 Å². The molecule has 1 aliphatic rings. The molecule has 6 heteroatoms. The van der Waals surface area contributed by atoms with Crippen LogP contribution in [0.5, 0.6) is 0 Å². The van der Waals surface area contributed by atoms with E-state index in [-0.39, 0.29) is 18.2 Å². The highest BCUT2D eigenvalue weighted by atomic mass is 35.5. The number of amides is 2. The molecule has 0 radical (unpaired) electrons. The molecule has 5 nitrogen and oxygen atoms in total. The van der Waals surface area contributed by atoms with Crippen LogP contribution in [0.15, 0.2) is 54.6 Å². The topological polar surface area (TPSA) is 52.7 Å². The van der Waals surface area contributed by atoms with Gasteiger partial charge in [-0.25, -0.2) is 0 Å². The van der Waals surface area contributed by atoms with Gasteiger partial charge in [0.25, 0.3) is 0 Å². The predicted molar refractivity (Wildman–Crippen MR) is 99.9 cm³/mol. The fourth-order valence-electron chi connectivity index (χ4n) is 2.86. The quantitative estimate of drug-likeness (QED) is 0.856. The first-order valence-electron chi connectivity index (χ1n) is 8.25. The molecule has 1 N–H and O–H groups in total. The molecular formula is C19H20ClN3O2. The summed E-state index contributed by atoms with van der Waals surface area (Å²) in [7, 11) is 0. The summed E-state index contributed by atoms with van der Waals surface area (Å²) in [4.78, 5) is 28.3. The van der Waals surface area contributed by atoms with Gasteiger partial charge in [0.15, 0.2) is 0 Å². The lowest BCUT2D eigenvalue weighted by Gasteiger charge is -2.36. The van der Waals surface area contributed by atoms with Gasteiger partial charge in [-0.05, 0) is 30.3 Å². The van der Waals surface area contributed by atoms with Gasteiger partial charge < -0.3 is 15.1 Å². The molecule has 0 spiro atoms. The molecule has 1 fully saturated rings. The number of nitrogens with zero attached hydrogens (tertiary/aromatic N) is 2. The SMILES string of the molecule is O=C(CC(=O)N1CCN(c2cccc(Cl)c2)CC1)Nc1ccccc1. The van der Waals surface area contributed by atoms with Gasteiger partial charge in [0, 0.05) is 42.6 Å². The van der Waals surface area contributed by atoms with Crippen molar-refractivity contribution in [1.29, 1.82) is 0 Å². The van der Waals surface area contributed by atoms with Crippen LogP contribution < -0.4 is 10.2 Å². The van der Waals surface area contributed by atoms with E-state index in [0.29, 0.717) is 23.8 Å². The fraction of sp³-hybridized carbons (Fsp3) is 0.263. The minimum absolute atomic E-state index is 0.133. The van der Waals surface area contributed by atoms with E-state index in [1.54, 1.807) is 17.0 Å². The Balaban J connectivity index is 1.49. The molecule has 1 saturated heterocycles. The highest BCUT2D eigenvalue weighted by Crippen LogP contribution is 2.21. The number of carbonyl (C=O) groups is 2. The third kappa shape index (κ3) is 4.73. The minimum atomic E-state index is -0.284. The lowest BCUT2D eigenvalue weighted by molar-refractivity contribution is -0.134. The summed E-state index contributed by atoms with van der Waals surface area (Å²) in [5, 5.41) is 3.44. The first kappa shape index (κ1) is 17.3. The maximum absolute atomic E-state index is 12.3. The number of rotatable bonds is 4. The molecule has 25 heavy (non-hydrogen) atoms. The minimum Gasteiger partial charge on any atom is -0.368 e. The molecule has 0 aliphatic carbocycles. The Morgan fingerprint density at radius 2 is 1.68 bits per heavy atom. The van der Waals surface area contributed by atoms with Crippen molar-refractivity contribution in [3.05, 3.63) is 59.6 Å². The van der Waals surface area contributed by atoms with Crippen molar-refractivity contribution >= 4 is 34.8 Å². The molecule has 0 saturated carbocycles. The average Bonchev–Trinajstić information content (AvgIpc) is 2.62. The van der Waals surface area contributed by atoms with E-state index in [1.807, 2.05) is 42.5 Å². The van der Waals surface area contributed by atoms with E-state index < -0.39 is 0 Å². The summed E-state index contributed by atoms with van der Waals surface area (Å²) < 4.78 is 0. The Bertz CT molecular complexity index is 743. The van der Waals surface area contributed by atoms with Crippen LogP contribution in [0.2, 0.25) is 5.02 Å². The van der Waals surface area contributed by atoms with E-state index in [4.69, 9.17) is 11.6 Å². The van der Waals surface area contributed by atoms with Crippen LogP contribution >= 0.6 is 11.6 Å². The fourth-order valence-corrected chi connectivity index (χ4v) is 3.05. The first-order valence-corrected chi connectivity index (χ1v) is 8.63. The van der Waals surface area contributed by atoms with Crippen LogP contribution in [0, 0.1) is 0 Å². The molecule has 2 aromatic rings. The Kier molecular flexibility index (Phi) is 5.56.